The Morgan fingerprint density at radius 2 is 1.71 bits per heavy atom. The standard InChI is InChI=1S/C24H27FN4OS/c1-17-7-6-8-18(2)28(17)23(30)16-31-24-27-26-22(15-19-9-4-3-5-10-19)29(24)21-13-11-20(25)12-14-21/h3-5,9-14,17-18H,6-8,15-16H2,1-2H3. The summed E-state index contributed by atoms with van der Waals surface area (Å²) in [6.07, 6.45) is 3.86. The van der Waals surface area contributed by atoms with Gasteiger partial charge in [-0.15, -0.1) is 10.2 Å². The lowest BCUT2D eigenvalue weighted by atomic mass is 9.98. The van der Waals surface area contributed by atoms with Gasteiger partial charge in [0.1, 0.15) is 11.6 Å². The molecular formula is C24H27FN4OS. The van der Waals surface area contributed by atoms with E-state index in [9.17, 15) is 9.18 Å². The highest BCUT2D eigenvalue weighted by Crippen LogP contribution is 2.27. The molecule has 0 spiro atoms. The first-order valence-corrected chi connectivity index (χ1v) is 11.7. The number of hydrogen-bond acceptors (Lipinski definition) is 4. The van der Waals surface area contributed by atoms with E-state index in [-0.39, 0.29) is 23.8 Å². The quantitative estimate of drug-likeness (QED) is 0.515. The van der Waals surface area contributed by atoms with Crippen molar-refractivity contribution in [2.45, 2.75) is 56.8 Å². The normalized spacial score (nSPS) is 18.9. The Hall–Kier alpha value is -2.67. The molecule has 1 aromatic heterocycles. The molecule has 2 unspecified atom stereocenters. The molecule has 2 aromatic carbocycles. The summed E-state index contributed by atoms with van der Waals surface area (Å²) in [4.78, 5) is 15.0. The number of nitrogens with zero attached hydrogens (tertiary/aromatic N) is 4. The number of thioether (sulfide) groups is 1. The van der Waals surface area contributed by atoms with Crippen LogP contribution in [0.4, 0.5) is 4.39 Å². The lowest BCUT2D eigenvalue weighted by Crippen LogP contribution is -2.48. The van der Waals surface area contributed by atoms with Crippen molar-refractivity contribution in [3.05, 3.63) is 71.8 Å². The van der Waals surface area contributed by atoms with Crippen LogP contribution in [0.3, 0.4) is 0 Å². The van der Waals surface area contributed by atoms with E-state index < -0.39 is 0 Å². The largest absolute Gasteiger partial charge is 0.337 e. The predicted molar refractivity (Wildman–Crippen MR) is 121 cm³/mol. The fourth-order valence-corrected chi connectivity index (χ4v) is 5.09. The molecule has 0 bridgehead atoms. The van der Waals surface area contributed by atoms with Crippen LogP contribution in [0.25, 0.3) is 5.69 Å². The molecule has 1 amide bonds. The van der Waals surface area contributed by atoms with E-state index in [1.165, 1.54) is 30.3 Å². The number of rotatable bonds is 6. The second kappa shape index (κ2) is 9.64. The molecular weight excluding hydrogens is 411 g/mol. The summed E-state index contributed by atoms with van der Waals surface area (Å²) in [6.45, 7) is 4.24. The third kappa shape index (κ3) is 4.98. The molecule has 1 fully saturated rings. The zero-order valence-corrected chi connectivity index (χ0v) is 18.7. The van der Waals surface area contributed by atoms with Crippen molar-refractivity contribution in [1.82, 2.24) is 19.7 Å². The highest BCUT2D eigenvalue weighted by molar-refractivity contribution is 7.99. The van der Waals surface area contributed by atoms with Crippen LogP contribution in [0.1, 0.15) is 44.5 Å². The monoisotopic (exact) mass is 438 g/mol. The minimum atomic E-state index is -0.293. The van der Waals surface area contributed by atoms with Gasteiger partial charge in [0, 0.05) is 24.2 Å². The van der Waals surface area contributed by atoms with E-state index in [0.29, 0.717) is 17.3 Å². The van der Waals surface area contributed by atoms with E-state index in [0.717, 1.165) is 29.9 Å². The minimum absolute atomic E-state index is 0.128. The number of carbonyl (C=O) groups excluding carboxylic acids is 1. The topological polar surface area (TPSA) is 51.0 Å². The summed E-state index contributed by atoms with van der Waals surface area (Å²) >= 11 is 1.39. The number of benzene rings is 2. The van der Waals surface area contributed by atoms with Crippen molar-refractivity contribution < 1.29 is 9.18 Å². The second-order valence-electron chi connectivity index (χ2n) is 8.09. The first kappa shape index (κ1) is 21.6. The van der Waals surface area contributed by atoms with Crippen LogP contribution in [0, 0.1) is 5.82 Å². The van der Waals surface area contributed by atoms with Crippen LogP contribution in [0.15, 0.2) is 59.8 Å². The van der Waals surface area contributed by atoms with Crippen LogP contribution in [-0.2, 0) is 11.2 Å². The molecule has 5 nitrogen and oxygen atoms in total. The molecule has 162 valence electrons. The van der Waals surface area contributed by atoms with Crippen molar-refractivity contribution >= 4 is 17.7 Å². The van der Waals surface area contributed by atoms with Crippen molar-refractivity contribution in [2.75, 3.05) is 5.75 Å². The SMILES string of the molecule is CC1CCCC(C)N1C(=O)CSc1nnc(Cc2ccccc2)n1-c1ccc(F)cc1. The smallest absolute Gasteiger partial charge is 0.233 e. The number of halogens is 1. The average Bonchev–Trinajstić information content (AvgIpc) is 3.16. The summed E-state index contributed by atoms with van der Waals surface area (Å²) in [5.74, 6) is 0.897. The molecule has 0 N–H and O–H groups in total. The van der Waals surface area contributed by atoms with E-state index in [4.69, 9.17) is 0 Å². The predicted octanol–water partition coefficient (Wildman–Crippen LogP) is 4.88. The number of aromatic nitrogens is 3. The van der Waals surface area contributed by atoms with Gasteiger partial charge in [0.05, 0.1) is 5.75 Å². The third-order valence-corrected chi connectivity index (χ3v) is 6.71. The Balaban J connectivity index is 1.58. The number of hydrogen-bond donors (Lipinski definition) is 0. The first-order valence-electron chi connectivity index (χ1n) is 10.7. The van der Waals surface area contributed by atoms with Crippen LogP contribution in [-0.4, -0.2) is 43.4 Å². The summed E-state index contributed by atoms with van der Waals surface area (Å²) in [7, 11) is 0. The van der Waals surface area contributed by atoms with Crippen LogP contribution in [0.2, 0.25) is 0 Å². The average molecular weight is 439 g/mol. The minimum Gasteiger partial charge on any atom is -0.337 e. The number of piperidine rings is 1. The molecule has 4 rings (SSSR count). The maximum Gasteiger partial charge on any atom is 0.233 e. The Morgan fingerprint density at radius 3 is 2.39 bits per heavy atom. The number of carbonyl (C=O) groups is 1. The van der Waals surface area contributed by atoms with Gasteiger partial charge in [-0.25, -0.2) is 4.39 Å². The molecule has 3 aromatic rings. The van der Waals surface area contributed by atoms with Gasteiger partial charge >= 0.3 is 0 Å². The first-order chi connectivity index (χ1) is 15.0. The lowest BCUT2D eigenvalue weighted by molar-refractivity contribution is -0.134. The Bertz CT molecular complexity index is 1010. The highest BCUT2D eigenvalue weighted by atomic mass is 32.2. The summed E-state index contributed by atoms with van der Waals surface area (Å²) in [6, 6.07) is 16.9. The zero-order chi connectivity index (χ0) is 21.8. The summed E-state index contributed by atoms with van der Waals surface area (Å²) < 4.78 is 15.4. The molecule has 1 saturated heterocycles. The van der Waals surface area contributed by atoms with Gasteiger partial charge in [-0.1, -0.05) is 42.1 Å². The van der Waals surface area contributed by atoms with Gasteiger partial charge in [0.15, 0.2) is 5.16 Å². The number of amides is 1. The molecule has 0 aliphatic carbocycles. The van der Waals surface area contributed by atoms with Crippen LogP contribution in [0.5, 0.6) is 0 Å². The fraction of sp³-hybridized carbons (Fsp3) is 0.375. The summed E-state index contributed by atoms with van der Waals surface area (Å²) in [5, 5.41) is 9.42. The van der Waals surface area contributed by atoms with Gasteiger partial charge in [-0.2, -0.15) is 0 Å². The Morgan fingerprint density at radius 1 is 1.03 bits per heavy atom. The van der Waals surface area contributed by atoms with Gasteiger partial charge in [0.25, 0.3) is 0 Å². The molecule has 0 radical (unpaired) electrons. The van der Waals surface area contributed by atoms with E-state index in [1.807, 2.05) is 39.8 Å². The molecule has 0 saturated carbocycles. The van der Waals surface area contributed by atoms with Crippen molar-refractivity contribution in [1.29, 1.82) is 0 Å². The van der Waals surface area contributed by atoms with Gasteiger partial charge in [0.2, 0.25) is 5.91 Å². The number of likely N-dealkylation sites (tertiary alicyclic amines) is 1. The van der Waals surface area contributed by atoms with Gasteiger partial charge in [-0.05, 0) is 62.9 Å². The molecule has 2 heterocycles. The lowest BCUT2D eigenvalue weighted by Gasteiger charge is -2.39. The molecule has 7 heteroatoms. The molecule has 31 heavy (non-hydrogen) atoms. The maximum atomic E-state index is 13.5. The zero-order valence-electron chi connectivity index (χ0n) is 17.9. The highest BCUT2D eigenvalue weighted by Gasteiger charge is 2.29. The van der Waals surface area contributed by atoms with Crippen molar-refractivity contribution in [2.24, 2.45) is 0 Å². The van der Waals surface area contributed by atoms with Gasteiger partial charge in [-0.3, -0.25) is 9.36 Å². The van der Waals surface area contributed by atoms with E-state index in [2.05, 4.69) is 24.0 Å². The molecule has 1 aliphatic heterocycles. The van der Waals surface area contributed by atoms with Gasteiger partial charge < -0.3 is 4.90 Å². The second-order valence-corrected chi connectivity index (χ2v) is 9.03. The van der Waals surface area contributed by atoms with Crippen molar-refractivity contribution in [3.8, 4) is 5.69 Å². The van der Waals surface area contributed by atoms with Crippen LogP contribution >= 0.6 is 11.8 Å². The fourth-order valence-electron chi connectivity index (χ4n) is 4.25. The third-order valence-electron chi connectivity index (χ3n) is 5.80. The Kier molecular flexibility index (Phi) is 6.70. The summed E-state index contributed by atoms with van der Waals surface area (Å²) in [5.41, 5.74) is 1.90. The maximum absolute atomic E-state index is 13.5. The molecule has 1 aliphatic rings. The van der Waals surface area contributed by atoms with E-state index >= 15 is 0 Å². The van der Waals surface area contributed by atoms with Crippen molar-refractivity contribution in [3.63, 3.8) is 0 Å². The Labute approximate surface area is 186 Å². The molecule has 2 atom stereocenters. The van der Waals surface area contributed by atoms with E-state index in [1.54, 1.807) is 12.1 Å². The van der Waals surface area contributed by atoms with Crippen LogP contribution < -0.4 is 0 Å².